The van der Waals surface area contributed by atoms with Crippen molar-refractivity contribution in [2.24, 2.45) is 0 Å². The first-order chi connectivity index (χ1) is 9.24. The number of aromatic nitrogens is 4. The molecule has 2 N–H and O–H groups in total. The number of hydrogen-bond donors (Lipinski definition) is 1. The van der Waals surface area contributed by atoms with Gasteiger partial charge in [0.15, 0.2) is 5.82 Å². The van der Waals surface area contributed by atoms with Gasteiger partial charge in [0.25, 0.3) is 0 Å². The zero-order valence-corrected chi connectivity index (χ0v) is 10.3. The Labute approximate surface area is 109 Å². The van der Waals surface area contributed by atoms with Crippen LogP contribution in [0.25, 0.3) is 11.4 Å². The van der Waals surface area contributed by atoms with E-state index in [0.29, 0.717) is 17.9 Å². The van der Waals surface area contributed by atoms with Crippen molar-refractivity contribution in [2.75, 3.05) is 12.3 Å². The van der Waals surface area contributed by atoms with Crippen molar-refractivity contribution in [1.29, 1.82) is 0 Å². The van der Waals surface area contributed by atoms with Crippen LogP contribution >= 0.6 is 0 Å². The summed E-state index contributed by atoms with van der Waals surface area (Å²) in [5, 5.41) is 11.6. The van der Waals surface area contributed by atoms with Gasteiger partial charge < -0.3 is 10.5 Å². The standard InChI is InChI=1S/C12H14FN5O/c13-10-4-3-8(6-11(10)14)12-15-16-17-18(12)7-9-2-1-5-19-9/h3-4,6,9H,1-2,5,7,14H2. The highest BCUT2D eigenvalue weighted by Gasteiger charge is 2.19. The van der Waals surface area contributed by atoms with Crippen LogP contribution in [0, 0.1) is 5.82 Å². The van der Waals surface area contributed by atoms with Gasteiger partial charge >= 0.3 is 0 Å². The van der Waals surface area contributed by atoms with Crippen LogP contribution in [0.4, 0.5) is 10.1 Å². The molecule has 1 aliphatic rings. The molecule has 1 aromatic carbocycles. The predicted molar refractivity (Wildman–Crippen MR) is 66.6 cm³/mol. The number of nitrogens with two attached hydrogens (primary N) is 1. The Morgan fingerprint density at radius 1 is 1.47 bits per heavy atom. The number of benzene rings is 1. The molecule has 1 atom stereocenters. The molecule has 1 fully saturated rings. The van der Waals surface area contributed by atoms with E-state index in [0.717, 1.165) is 19.4 Å². The minimum atomic E-state index is -0.443. The van der Waals surface area contributed by atoms with Crippen LogP contribution < -0.4 is 5.73 Å². The highest BCUT2D eigenvalue weighted by atomic mass is 19.1. The molecule has 2 heterocycles. The molecular formula is C12H14FN5O. The number of halogens is 1. The number of tetrazole rings is 1. The molecule has 100 valence electrons. The zero-order chi connectivity index (χ0) is 13.2. The molecule has 0 spiro atoms. The topological polar surface area (TPSA) is 78.9 Å². The van der Waals surface area contributed by atoms with Crippen molar-refractivity contribution in [2.45, 2.75) is 25.5 Å². The van der Waals surface area contributed by atoms with Gasteiger partial charge in [-0.2, -0.15) is 0 Å². The summed E-state index contributed by atoms with van der Waals surface area (Å²) < 4.78 is 20.4. The molecule has 1 aliphatic heterocycles. The van der Waals surface area contributed by atoms with E-state index in [4.69, 9.17) is 10.5 Å². The molecule has 0 saturated carbocycles. The molecular weight excluding hydrogens is 249 g/mol. The van der Waals surface area contributed by atoms with Gasteiger partial charge in [-0.1, -0.05) is 0 Å². The van der Waals surface area contributed by atoms with E-state index in [1.54, 1.807) is 10.7 Å². The minimum absolute atomic E-state index is 0.0872. The maximum Gasteiger partial charge on any atom is 0.182 e. The second-order valence-electron chi connectivity index (χ2n) is 4.56. The summed E-state index contributed by atoms with van der Waals surface area (Å²) in [5.74, 6) is 0.129. The van der Waals surface area contributed by atoms with Crippen LogP contribution in [-0.2, 0) is 11.3 Å². The molecule has 6 nitrogen and oxygen atoms in total. The number of nitrogens with zero attached hydrogens (tertiary/aromatic N) is 4. The molecule has 19 heavy (non-hydrogen) atoms. The molecule has 2 aromatic rings. The van der Waals surface area contributed by atoms with Gasteiger partial charge in [0.2, 0.25) is 0 Å². The lowest BCUT2D eigenvalue weighted by molar-refractivity contribution is 0.0939. The summed E-state index contributed by atoms with van der Waals surface area (Å²) >= 11 is 0. The molecule has 0 radical (unpaired) electrons. The van der Waals surface area contributed by atoms with Gasteiger partial charge in [-0.05, 0) is 41.5 Å². The summed E-state index contributed by atoms with van der Waals surface area (Å²) in [7, 11) is 0. The van der Waals surface area contributed by atoms with Crippen LogP contribution in [0.2, 0.25) is 0 Å². The highest BCUT2D eigenvalue weighted by molar-refractivity contribution is 5.61. The van der Waals surface area contributed by atoms with Crippen LogP contribution in [0.1, 0.15) is 12.8 Å². The van der Waals surface area contributed by atoms with Crippen LogP contribution in [-0.4, -0.2) is 32.9 Å². The second-order valence-corrected chi connectivity index (χ2v) is 4.56. The average Bonchev–Trinajstić information content (AvgIpc) is 3.05. The van der Waals surface area contributed by atoms with Gasteiger partial charge in [-0.15, -0.1) is 5.10 Å². The van der Waals surface area contributed by atoms with Crippen molar-refractivity contribution in [1.82, 2.24) is 20.2 Å². The van der Waals surface area contributed by atoms with Gasteiger partial charge in [-0.3, -0.25) is 0 Å². The maximum absolute atomic E-state index is 13.2. The maximum atomic E-state index is 13.2. The van der Waals surface area contributed by atoms with Gasteiger partial charge in [0.05, 0.1) is 18.3 Å². The van der Waals surface area contributed by atoms with Gasteiger partial charge in [-0.25, -0.2) is 9.07 Å². The summed E-state index contributed by atoms with van der Waals surface area (Å²) in [4.78, 5) is 0. The fourth-order valence-electron chi connectivity index (χ4n) is 2.20. The normalized spacial score (nSPS) is 18.9. The number of nitrogen functional groups attached to an aromatic ring is 1. The van der Waals surface area contributed by atoms with Gasteiger partial charge in [0.1, 0.15) is 5.82 Å². The van der Waals surface area contributed by atoms with Gasteiger partial charge in [0, 0.05) is 12.2 Å². The van der Waals surface area contributed by atoms with Crippen molar-refractivity contribution < 1.29 is 9.13 Å². The third-order valence-electron chi connectivity index (χ3n) is 3.19. The largest absolute Gasteiger partial charge is 0.396 e. The van der Waals surface area contributed by atoms with E-state index in [9.17, 15) is 4.39 Å². The first-order valence-corrected chi connectivity index (χ1v) is 6.17. The van der Waals surface area contributed by atoms with E-state index < -0.39 is 5.82 Å². The zero-order valence-electron chi connectivity index (χ0n) is 10.3. The van der Waals surface area contributed by atoms with E-state index >= 15 is 0 Å². The number of rotatable bonds is 3. The SMILES string of the molecule is Nc1cc(-c2nnnn2CC2CCCO2)ccc1F. The lowest BCUT2D eigenvalue weighted by atomic mass is 10.2. The average molecular weight is 263 g/mol. The summed E-state index contributed by atoms with van der Waals surface area (Å²) in [6.45, 7) is 1.38. The molecule has 1 unspecified atom stereocenters. The molecule has 1 aromatic heterocycles. The predicted octanol–water partition coefficient (Wildman–Crippen LogP) is 1.24. The molecule has 0 amide bonds. The fraction of sp³-hybridized carbons (Fsp3) is 0.417. The lowest BCUT2D eigenvalue weighted by Crippen LogP contribution is -2.17. The van der Waals surface area contributed by atoms with E-state index in [2.05, 4.69) is 15.5 Å². The Morgan fingerprint density at radius 3 is 3.11 bits per heavy atom. The second kappa shape index (κ2) is 4.93. The third-order valence-corrected chi connectivity index (χ3v) is 3.19. The molecule has 3 rings (SSSR count). The number of anilines is 1. The number of ether oxygens (including phenoxy) is 1. The quantitative estimate of drug-likeness (QED) is 0.843. The van der Waals surface area contributed by atoms with Crippen LogP contribution in [0.3, 0.4) is 0 Å². The molecule has 7 heteroatoms. The van der Waals surface area contributed by atoms with E-state index in [1.165, 1.54) is 12.1 Å². The smallest absolute Gasteiger partial charge is 0.182 e. The van der Waals surface area contributed by atoms with Crippen molar-refractivity contribution in [3.05, 3.63) is 24.0 Å². The molecule has 1 saturated heterocycles. The lowest BCUT2D eigenvalue weighted by Gasteiger charge is -2.10. The van der Waals surface area contributed by atoms with Crippen LogP contribution in [0.5, 0.6) is 0 Å². The first-order valence-electron chi connectivity index (χ1n) is 6.17. The minimum Gasteiger partial charge on any atom is -0.396 e. The summed E-state index contributed by atoms with van der Waals surface area (Å²) in [6, 6.07) is 4.46. The first kappa shape index (κ1) is 12.0. The van der Waals surface area contributed by atoms with Crippen molar-refractivity contribution in [3.63, 3.8) is 0 Å². The molecule has 0 bridgehead atoms. The summed E-state index contributed by atoms with van der Waals surface area (Å²) in [6.07, 6.45) is 2.20. The Hall–Kier alpha value is -2.02. The monoisotopic (exact) mass is 263 g/mol. The summed E-state index contributed by atoms with van der Waals surface area (Å²) in [5.41, 5.74) is 6.35. The Balaban J connectivity index is 1.87. The fourth-order valence-corrected chi connectivity index (χ4v) is 2.20. The van der Waals surface area contributed by atoms with Crippen molar-refractivity contribution in [3.8, 4) is 11.4 Å². The van der Waals surface area contributed by atoms with Crippen molar-refractivity contribution >= 4 is 5.69 Å². The highest BCUT2D eigenvalue weighted by Crippen LogP contribution is 2.22. The third kappa shape index (κ3) is 2.41. The Kier molecular flexibility index (Phi) is 3.12. The Morgan fingerprint density at radius 2 is 2.37 bits per heavy atom. The number of hydrogen-bond acceptors (Lipinski definition) is 5. The van der Waals surface area contributed by atoms with E-state index in [-0.39, 0.29) is 11.8 Å². The van der Waals surface area contributed by atoms with E-state index in [1.807, 2.05) is 0 Å². The Bertz CT molecular complexity index is 579. The molecule has 0 aliphatic carbocycles. The van der Waals surface area contributed by atoms with Crippen LogP contribution in [0.15, 0.2) is 18.2 Å².